The predicted octanol–water partition coefficient (Wildman–Crippen LogP) is 0.824. The average Bonchev–Trinajstić information content (AvgIpc) is 1.69. The minimum Gasteiger partial charge on any atom is -0.356 e. The van der Waals surface area contributed by atoms with Crippen LogP contribution in [0.15, 0.2) is 4.99 Å². The summed E-state index contributed by atoms with van der Waals surface area (Å²) in [5, 5.41) is 0. The second kappa shape index (κ2) is 2.07. The van der Waals surface area contributed by atoms with Gasteiger partial charge in [-0.25, -0.2) is 0 Å². The molecule has 0 fully saturated rings. The molecule has 2 heteroatoms. The zero-order valence-electron chi connectivity index (χ0n) is 4.42. The van der Waals surface area contributed by atoms with Gasteiger partial charge >= 0.3 is 0 Å². The molecule has 1 aliphatic heterocycles. The van der Waals surface area contributed by atoms with Crippen LogP contribution in [0.25, 0.3) is 0 Å². The molecular formula is C5H9NO. The average molecular weight is 99.1 g/mol. The zero-order chi connectivity index (χ0) is 5.11. The summed E-state index contributed by atoms with van der Waals surface area (Å²) >= 11 is 0. The van der Waals surface area contributed by atoms with E-state index in [9.17, 15) is 0 Å². The Balaban J connectivity index is 2.32. The lowest BCUT2D eigenvalue weighted by atomic mass is 10.3. The van der Waals surface area contributed by atoms with Crippen LogP contribution in [0.5, 0.6) is 0 Å². The van der Waals surface area contributed by atoms with Gasteiger partial charge in [0.15, 0.2) is 0 Å². The van der Waals surface area contributed by atoms with E-state index in [1.807, 2.05) is 13.1 Å². The first kappa shape index (κ1) is 4.78. The summed E-state index contributed by atoms with van der Waals surface area (Å²) in [6.07, 6.45) is 3.27. The van der Waals surface area contributed by atoms with Crippen LogP contribution < -0.4 is 0 Å². The van der Waals surface area contributed by atoms with Crippen LogP contribution in [-0.2, 0) is 4.74 Å². The third-order valence-corrected chi connectivity index (χ3v) is 1.00. The second-order valence-corrected chi connectivity index (χ2v) is 1.71. The first-order valence-electron chi connectivity index (χ1n) is 2.49. The van der Waals surface area contributed by atoms with Gasteiger partial charge in [-0.1, -0.05) is 0 Å². The van der Waals surface area contributed by atoms with E-state index in [2.05, 4.69) is 4.99 Å². The van der Waals surface area contributed by atoms with Crippen LogP contribution in [0.1, 0.15) is 13.3 Å². The highest BCUT2D eigenvalue weighted by atomic mass is 16.5. The van der Waals surface area contributed by atoms with E-state index in [-0.39, 0.29) is 0 Å². The maximum Gasteiger partial charge on any atom is 0.137 e. The molecule has 0 amide bonds. The van der Waals surface area contributed by atoms with Crippen molar-refractivity contribution in [3.63, 3.8) is 0 Å². The van der Waals surface area contributed by atoms with Crippen molar-refractivity contribution in [3.8, 4) is 0 Å². The molecule has 0 aromatic heterocycles. The molecular weight excluding hydrogens is 90.1 g/mol. The topological polar surface area (TPSA) is 21.6 Å². The van der Waals surface area contributed by atoms with Gasteiger partial charge < -0.3 is 4.74 Å². The molecule has 0 saturated heterocycles. The Bertz CT molecular complexity index is 80.1. The van der Waals surface area contributed by atoms with E-state index in [1.54, 1.807) is 0 Å². The van der Waals surface area contributed by atoms with Gasteiger partial charge in [-0.2, -0.15) is 0 Å². The van der Waals surface area contributed by atoms with E-state index in [4.69, 9.17) is 4.74 Å². The lowest BCUT2D eigenvalue weighted by molar-refractivity contribution is 0.0698. The minimum absolute atomic E-state index is 0.387. The first-order chi connectivity index (χ1) is 3.39. The summed E-state index contributed by atoms with van der Waals surface area (Å²) in [4.78, 5) is 3.88. The molecule has 1 aliphatic rings. The molecule has 0 aliphatic carbocycles. The lowest BCUT2D eigenvalue weighted by Gasteiger charge is -2.11. The fourth-order valence-corrected chi connectivity index (χ4v) is 0.514. The second-order valence-electron chi connectivity index (χ2n) is 1.71. The summed E-state index contributed by atoms with van der Waals surface area (Å²) in [6.45, 7) is 2.60. The van der Waals surface area contributed by atoms with Crippen molar-refractivity contribution >= 4 is 6.21 Å². The van der Waals surface area contributed by atoms with Crippen LogP contribution in [0.2, 0.25) is 0 Å². The van der Waals surface area contributed by atoms with Gasteiger partial charge in [0.05, 0.1) is 6.10 Å². The number of aliphatic imine (C=N–C) groups is 1. The Morgan fingerprint density at radius 1 is 1.86 bits per heavy atom. The molecule has 1 heterocycles. The summed E-state index contributed by atoms with van der Waals surface area (Å²) in [5.41, 5.74) is 0. The predicted molar refractivity (Wildman–Crippen MR) is 28.5 cm³/mol. The quantitative estimate of drug-likeness (QED) is 0.440. The maximum atomic E-state index is 5.08. The Hall–Kier alpha value is -0.370. The Labute approximate surface area is 43.2 Å². The van der Waals surface area contributed by atoms with Gasteiger partial charge in [-0.05, 0) is 6.92 Å². The summed E-state index contributed by atoms with van der Waals surface area (Å²) < 4.78 is 5.08. The van der Waals surface area contributed by atoms with Crippen LogP contribution in [0.3, 0.4) is 0 Å². The van der Waals surface area contributed by atoms with Gasteiger partial charge in [-0.15, -0.1) is 0 Å². The van der Waals surface area contributed by atoms with Crippen LogP contribution in [-0.4, -0.2) is 19.0 Å². The van der Waals surface area contributed by atoms with Gasteiger partial charge in [0.25, 0.3) is 0 Å². The summed E-state index contributed by atoms with van der Waals surface area (Å²) in [6, 6.07) is 0. The molecule has 1 rings (SSSR count). The van der Waals surface area contributed by atoms with Gasteiger partial charge in [0.2, 0.25) is 0 Å². The van der Waals surface area contributed by atoms with Crippen LogP contribution in [0.4, 0.5) is 0 Å². The van der Waals surface area contributed by atoms with Crippen molar-refractivity contribution in [2.24, 2.45) is 4.99 Å². The smallest absolute Gasteiger partial charge is 0.137 e. The normalized spacial score (nSPS) is 30.7. The molecule has 0 saturated carbocycles. The monoisotopic (exact) mass is 99.1 g/mol. The number of ether oxygens (including phenoxy) is 1. The SMILES string of the molecule is CC1CC=NCO1. The molecule has 0 radical (unpaired) electrons. The van der Waals surface area contributed by atoms with E-state index < -0.39 is 0 Å². The van der Waals surface area contributed by atoms with Gasteiger partial charge in [-0.3, -0.25) is 4.99 Å². The number of hydrogen-bond acceptors (Lipinski definition) is 2. The Kier molecular flexibility index (Phi) is 1.42. The molecule has 2 nitrogen and oxygen atoms in total. The highest BCUT2D eigenvalue weighted by Crippen LogP contribution is 1.98. The fraction of sp³-hybridized carbons (Fsp3) is 0.800. The largest absolute Gasteiger partial charge is 0.356 e. The maximum absolute atomic E-state index is 5.08. The molecule has 0 aromatic carbocycles. The summed E-state index contributed by atoms with van der Waals surface area (Å²) in [7, 11) is 0. The number of nitrogens with zero attached hydrogens (tertiary/aromatic N) is 1. The summed E-state index contributed by atoms with van der Waals surface area (Å²) in [5.74, 6) is 0. The molecule has 0 spiro atoms. The van der Waals surface area contributed by atoms with E-state index in [0.717, 1.165) is 6.42 Å². The molecule has 0 aromatic rings. The molecule has 40 valence electrons. The van der Waals surface area contributed by atoms with Crippen molar-refractivity contribution in [2.45, 2.75) is 19.4 Å². The van der Waals surface area contributed by atoms with E-state index in [1.165, 1.54) is 0 Å². The first-order valence-corrected chi connectivity index (χ1v) is 2.49. The third-order valence-electron chi connectivity index (χ3n) is 1.00. The molecule has 0 bridgehead atoms. The van der Waals surface area contributed by atoms with E-state index in [0.29, 0.717) is 12.8 Å². The highest BCUT2D eigenvalue weighted by Gasteiger charge is 2.00. The van der Waals surface area contributed by atoms with Crippen molar-refractivity contribution in [3.05, 3.63) is 0 Å². The Morgan fingerprint density at radius 2 is 2.71 bits per heavy atom. The lowest BCUT2D eigenvalue weighted by Crippen LogP contribution is -2.12. The molecule has 1 unspecified atom stereocenters. The van der Waals surface area contributed by atoms with Crippen LogP contribution >= 0.6 is 0 Å². The highest BCUT2D eigenvalue weighted by molar-refractivity contribution is 5.58. The van der Waals surface area contributed by atoms with Crippen molar-refractivity contribution in [2.75, 3.05) is 6.73 Å². The molecule has 0 N–H and O–H groups in total. The van der Waals surface area contributed by atoms with E-state index >= 15 is 0 Å². The van der Waals surface area contributed by atoms with Crippen LogP contribution in [0, 0.1) is 0 Å². The molecule has 1 atom stereocenters. The van der Waals surface area contributed by atoms with Crippen molar-refractivity contribution in [1.29, 1.82) is 0 Å². The molecule has 7 heavy (non-hydrogen) atoms. The minimum atomic E-state index is 0.387. The zero-order valence-corrected chi connectivity index (χ0v) is 4.42. The van der Waals surface area contributed by atoms with Gasteiger partial charge in [0, 0.05) is 12.6 Å². The standard InChI is InChI=1S/C5H9NO/c1-5-2-3-6-4-7-5/h3,5H,2,4H2,1H3. The Morgan fingerprint density at radius 3 is 3.00 bits per heavy atom. The van der Waals surface area contributed by atoms with Crippen molar-refractivity contribution < 1.29 is 4.74 Å². The van der Waals surface area contributed by atoms with Gasteiger partial charge in [0.1, 0.15) is 6.73 Å². The number of hydrogen-bond donors (Lipinski definition) is 0. The third kappa shape index (κ3) is 1.27. The van der Waals surface area contributed by atoms with Crippen molar-refractivity contribution in [1.82, 2.24) is 0 Å². The number of rotatable bonds is 0. The fourth-order valence-electron chi connectivity index (χ4n) is 0.514.